The van der Waals surface area contributed by atoms with Gasteiger partial charge in [0.05, 0.1) is 35.7 Å². The lowest BCUT2D eigenvalue weighted by Gasteiger charge is -2.42. The summed E-state index contributed by atoms with van der Waals surface area (Å²) in [6, 6.07) is 13.6. The molecule has 1 aromatic heterocycles. The minimum Gasteiger partial charge on any atom is -0.379 e. The largest absolute Gasteiger partial charge is 0.379 e. The maximum atomic E-state index is 13.7. The van der Waals surface area contributed by atoms with Crippen LogP contribution in [0, 0.1) is 18.7 Å². The van der Waals surface area contributed by atoms with E-state index in [1.54, 1.807) is 28.6 Å². The van der Waals surface area contributed by atoms with Gasteiger partial charge >= 0.3 is 0 Å². The number of aromatic nitrogens is 2. The molecule has 194 valence electrons. The van der Waals surface area contributed by atoms with Crippen molar-refractivity contribution in [3.8, 4) is 5.69 Å². The first-order valence-electron chi connectivity index (χ1n) is 12.8. The van der Waals surface area contributed by atoms with E-state index in [1.165, 1.54) is 17.7 Å². The number of sulfonamides is 1. The van der Waals surface area contributed by atoms with Crippen molar-refractivity contribution in [1.82, 2.24) is 19.0 Å². The zero-order valence-electron chi connectivity index (χ0n) is 20.9. The van der Waals surface area contributed by atoms with Crippen molar-refractivity contribution < 1.29 is 17.5 Å². The Hall–Kier alpha value is -2.85. The van der Waals surface area contributed by atoms with Crippen LogP contribution in [0.2, 0.25) is 0 Å². The lowest BCUT2D eigenvalue weighted by molar-refractivity contribution is 0.0319. The lowest BCUT2D eigenvalue weighted by atomic mass is 9.74. The summed E-state index contributed by atoms with van der Waals surface area (Å²) >= 11 is 0. The number of benzene rings is 2. The molecule has 3 aromatic rings. The topological polar surface area (TPSA) is 67.7 Å². The first-order chi connectivity index (χ1) is 17.9. The second kappa shape index (κ2) is 9.79. The van der Waals surface area contributed by atoms with Gasteiger partial charge in [-0.2, -0.15) is 9.40 Å². The SMILES string of the molecule is Cc1ccccc1S(=O)(=O)N1CCC2=Cc3c(cnn3-c3ccc(F)cc3)[C@@H](CN3CCOCC3)C2C1. The van der Waals surface area contributed by atoms with Crippen LogP contribution in [-0.2, 0) is 14.8 Å². The Morgan fingerprint density at radius 3 is 2.57 bits per heavy atom. The Morgan fingerprint density at radius 2 is 1.81 bits per heavy atom. The predicted octanol–water partition coefficient (Wildman–Crippen LogP) is 3.84. The number of fused-ring (bicyclic) bond motifs is 2. The lowest BCUT2D eigenvalue weighted by Crippen LogP contribution is -2.47. The van der Waals surface area contributed by atoms with Gasteiger partial charge in [0.15, 0.2) is 0 Å². The van der Waals surface area contributed by atoms with Crippen molar-refractivity contribution in [3.63, 3.8) is 0 Å². The van der Waals surface area contributed by atoms with Crippen molar-refractivity contribution in [3.05, 3.63) is 82.9 Å². The molecule has 1 aliphatic carbocycles. The fourth-order valence-corrected chi connectivity index (χ4v) is 7.60. The van der Waals surface area contributed by atoms with E-state index in [0.717, 1.165) is 42.1 Å². The van der Waals surface area contributed by atoms with Gasteiger partial charge in [0.2, 0.25) is 10.0 Å². The van der Waals surface area contributed by atoms with Crippen molar-refractivity contribution in [2.75, 3.05) is 45.9 Å². The van der Waals surface area contributed by atoms with E-state index in [4.69, 9.17) is 9.84 Å². The Balaban J connectivity index is 1.37. The number of halogens is 1. The molecular weight excluding hydrogens is 491 g/mol. The third kappa shape index (κ3) is 4.54. The van der Waals surface area contributed by atoms with Gasteiger partial charge in [-0.25, -0.2) is 17.5 Å². The van der Waals surface area contributed by atoms with Crippen LogP contribution in [0.15, 0.2) is 65.2 Å². The Labute approximate surface area is 217 Å². The van der Waals surface area contributed by atoms with Crippen LogP contribution in [0.4, 0.5) is 4.39 Å². The fraction of sp³-hybridized carbons (Fsp3) is 0.393. The maximum absolute atomic E-state index is 13.7. The average Bonchev–Trinajstić information content (AvgIpc) is 3.33. The molecular formula is C28H31FN4O3S. The molecule has 3 aliphatic rings. The van der Waals surface area contributed by atoms with Crippen LogP contribution in [0.1, 0.15) is 29.2 Å². The highest BCUT2D eigenvalue weighted by Crippen LogP contribution is 2.44. The van der Waals surface area contributed by atoms with Gasteiger partial charge in [0.25, 0.3) is 0 Å². The van der Waals surface area contributed by atoms with E-state index in [1.807, 2.05) is 29.9 Å². The number of nitrogens with zero attached hydrogens (tertiary/aromatic N) is 4. The number of ether oxygens (including phenoxy) is 1. The fourth-order valence-electron chi connectivity index (χ4n) is 5.90. The molecule has 9 heteroatoms. The summed E-state index contributed by atoms with van der Waals surface area (Å²) in [5.41, 5.74) is 4.94. The van der Waals surface area contributed by atoms with Crippen LogP contribution in [0.3, 0.4) is 0 Å². The molecule has 6 rings (SSSR count). The van der Waals surface area contributed by atoms with Gasteiger partial charge in [-0.3, -0.25) is 4.90 Å². The molecule has 0 spiro atoms. The van der Waals surface area contributed by atoms with Crippen molar-refractivity contribution >= 4 is 16.1 Å². The molecule has 0 bridgehead atoms. The van der Waals surface area contributed by atoms with E-state index in [2.05, 4.69) is 11.0 Å². The second-order valence-electron chi connectivity index (χ2n) is 10.1. The van der Waals surface area contributed by atoms with E-state index in [-0.39, 0.29) is 17.7 Å². The van der Waals surface area contributed by atoms with Crippen molar-refractivity contribution in [1.29, 1.82) is 0 Å². The molecule has 2 aromatic carbocycles. The van der Waals surface area contributed by atoms with Crippen molar-refractivity contribution in [2.24, 2.45) is 5.92 Å². The monoisotopic (exact) mass is 522 g/mol. The molecule has 37 heavy (non-hydrogen) atoms. The minimum absolute atomic E-state index is 0.0637. The highest BCUT2D eigenvalue weighted by molar-refractivity contribution is 7.89. The summed E-state index contributed by atoms with van der Waals surface area (Å²) in [5, 5.41) is 4.70. The van der Waals surface area contributed by atoms with Gasteiger partial charge < -0.3 is 4.74 Å². The molecule has 7 nitrogen and oxygen atoms in total. The van der Waals surface area contributed by atoms with Gasteiger partial charge in [-0.05, 0) is 55.3 Å². The van der Waals surface area contributed by atoms with E-state index < -0.39 is 10.0 Å². The summed E-state index contributed by atoms with van der Waals surface area (Å²) in [7, 11) is -3.60. The summed E-state index contributed by atoms with van der Waals surface area (Å²) in [6.07, 6.45) is 4.76. The van der Waals surface area contributed by atoms with Crippen LogP contribution in [0.5, 0.6) is 0 Å². The number of rotatable bonds is 5. The summed E-state index contributed by atoms with van der Waals surface area (Å²) in [4.78, 5) is 2.79. The third-order valence-corrected chi connectivity index (χ3v) is 9.94. The third-order valence-electron chi connectivity index (χ3n) is 7.91. The van der Waals surface area contributed by atoms with Crippen molar-refractivity contribution in [2.45, 2.75) is 24.2 Å². The summed E-state index contributed by atoms with van der Waals surface area (Å²) in [5.74, 6) is -0.124. The van der Waals surface area contributed by atoms with Crippen LogP contribution < -0.4 is 0 Å². The molecule has 2 aliphatic heterocycles. The molecule has 2 fully saturated rings. The molecule has 3 heterocycles. The average molecular weight is 523 g/mol. The molecule has 0 N–H and O–H groups in total. The van der Waals surface area contributed by atoms with Gasteiger partial charge in [-0.1, -0.05) is 23.8 Å². The van der Waals surface area contributed by atoms with Gasteiger partial charge in [0, 0.05) is 50.1 Å². The highest BCUT2D eigenvalue weighted by atomic mass is 32.2. The molecule has 0 amide bonds. The summed E-state index contributed by atoms with van der Waals surface area (Å²) < 4.78 is 50.0. The number of morpholine rings is 1. The molecule has 1 unspecified atom stereocenters. The molecule has 0 radical (unpaired) electrons. The zero-order chi connectivity index (χ0) is 25.6. The molecule has 0 saturated carbocycles. The first kappa shape index (κ1) is 24.5. The minimum atomic E-state index is -3.60. The zero-order valence-corrected chi connectivity index (χ0v) is 21.7. The quantitative estimate of drug-likeness (QED) is 0.509. The molecule has 2 atom stereocenters. The number of hydrogen-bond acceptors (Lipinski definition) is 5. The van der Waals surface area contributed by atoms with Crippen LogP contribution in [0.25, 0.3) is 11.8 Å². The van der Waals surface area contributed by atoms with Crippen LogP contribution in [-0.4, -0.2) is 73.3 Å². The van der Waals surface area contributed by atoms with Gasteiger partial charge in [-0.15, -0.1) is 0 Å². The second-order valence-corrected chi connectivity index (χ2v) is 12.0. The Morgan fingerprint density at radius 1 is 1.05 bits per heavy atom. The smallest absolute Gasteiger partial charge is 0.243 e. The summed E-state index contributed by atoms with van der Waals surface area (Å²) in [6.45, 7) is 6.67. The Bertz CT molecular complexity index is 1430. The normalized spacial score (nSPS) is 22.8. The first-order valence-corrected chi connectivity index (χ1v) is 14.3. The van der Waals surface area contributed by atoms with Gasteiger partial charge in [0.1, 0.15) is 5.82 Å². The molecule has 2 saturated heterocycles. The highest BCUT2D eigenvalue weighted by Gasteiger charge is 2.41. The van der Waals surface area contributed by atoms with E-state index in [9.17, 15) is 12.8 Å². The maximum Gasteiger partial charge on any atom is 0.243 e. The van der Waals surface area contributed by atoms with Crippen LogP contribution >= 0.6 is 0 Å². The number of aryl methyl sites for hydroxylation is 1. The number of hydrogen-bond donors (Lipinski definition) is 0. The standard InChI is InChI=1S/C28H31FN4O3S/c1-20-4-2-3-5-28(20)37(34,35)32-11-10-21-16-27-24(17-30-33(27)23-8-6-22(29)7-9-23)26(25(21)19-32)18-31-12-14-36-15-13-31/h2-9,16-17,25-26H,10-15,18-19H2,1H3/t25?,26-/m1/s1. The number of piperidine rings is 1. The van der Waals surface area contributed by atoms with E-state index in [0.29, 0.717) is 37.6 Å². The predicted molar refractivity (Wildman–Crippen MR) is 140 cm³/mol. The van der Waals surface area contributed by atoms with E-state index >= 15 is 0 Å². The Kier molecular flexibility index (Phi) is 6.48.